The van der Waals surface area contributed by atoms with Gasteiger partial charge in [0.15, 0.2) is 11.2 Å². The highest BCUT2D eigenvalue weighted by Crippen LogP contribution is 2.22. The standard InChI is InChI=1S/C17H20ClN5O4/c1-21-14-13(15(26)22(2)17(21)27)23(8-10-5-3-4-6-12(10)18)16(20-14)19-7-11(25)9-24/h3-6,11,24-25H,7-9H2,1-2H3,(H,19,20)/t11-/m0/s1. The molecule has 0 bridgehead atoms. The molecule has 0 radical (unpaired) electrons. The maximum absolute atomic E-state index is 12.7. The van der Waals surface area contributed by atoms with E-state index in [-0.39, 0.29) is 30.2 Å². The number of aryl methyl sites for hydroxylation is 1. The molecule has 144 valence electrons. The lowest BCUT2D eigenvalue weighted by Crippen LogP contribution is -2.37. The smallest absolute Gasteiger partial charge is 0.332 e. The van der Waals surface area contributed by atoms with Gasteiger partial charge in [-0.2, -0.15) is 4.98 Å². The zero-order chi connectivity index (χ0) is 19.7. The number of anilines is 1. The molecule has 0 spiro atoms. The summed E-state index contributed by atoms with van der Waals surface area (Å²) in [6, 6.07) is 7.20. The first-order valence-electron chi connectivity index (χ1n) is 8.27. The number of aliphatic hydroxyl groups excluding tert-OH is 2. The van der Waals surface area contributed by atoms with Gasteiger partial charge in [-0.3, -0.25) is 18.5 Å². The molecule has 10 heteroatoms. The molecule has 0 saturated carbocycles. The van der Waals surface area contributed by atoms with Crippen molar-refractivity contribution in [3.05, 3.63) is 55.7 Å². The summed E-state index contributed by atoms with van der Waals surface area (Å²) < 4.78 is 3.91. The Balaban J connectivity index is 2.22. The average molecular weight is 394 g/mol. The first kappa shape index (κ1) is 19.2. The predicted octanol–water partition coefficient (Wildman–Crippen LogP) is -0.0995. The average Bonchev–Trinajstić information content (AvgIpc) is 3.03. The Morgan fingerprint density at radius 1 is 1.22 bits per heavy atom. The summed E-state index contributed by atoms with van der Waals surface area (Å²) in [5, 5.41) is 22.1. The predicted molar refractivity (Wildman–Crippen MR) is 102 cm³/mol. The summed E-state index contributed by atoms with van der Waals surface area (Å²) in [7, 11) is 2.93. The van der Waals surface area contributed by atoms with Crippen molar-refractivity contribution >= 4 is 28.7 Å². The first-order valence-corrected chi connectivity index (χ1v) is 8.65. The second kappa shape index (κ2) is 7.55. The van der Waals surface area contributed by atoms with Crippen LogP contribution in [0, 0.1) is 0 Å². The number of hydrogen-bond acceptors (Lipinski definition) is 6. The third kappa shape index (κ3) is 3.48. The number of hydrogen-bond donors (Lipinski definition) is 3. The molecule has 2 heterocycles. The molecule has 0 unspecified atom stereocenters. The van der Waals surface area contributed by atoms with Crippen LogP contribution in [0.1, 0.15) is 5.56 Å². The number of imidazole rings is 1. The second-order valence-electron chi connectivity index (χ2n) is 6.21. The van der Waals surface area contributed by atoms with Crippen LogP contribution in [0.15, 0.2) is 33.9 Å². The summed E-state index contributed by atoms with van der Waals surface area (Å²) in [5.41, 5.74) is 0.247. The van der Waals surface area contributed by atoms with E-state index in [0.29, 0.717) is 5.02 Å². The zero-order valence-electron chi connectivity index (χ0n) is 14.9. The van der Waals surface area contributed by atoms with Gasteiger partial charge in [-0.05, 0) is 11.6 Å². The van der Waals surface area contributed by atoms with Crippen LogP contribution in [0.25, 0.3) is 11.2 Å². The van der Waals surface area contributed by atoms with Gasteiger partial charge in [-0.1, -0.05) is 29.8 Å². The molecule has 0 amide bonds. The van der Waals surface area contributed by atoms with Crippen LogP contribution in [-0.4, -0.2) is 48.2 Å². The molecule has 3 N–H and O–H groups in total. The van der Waals surface area contributed by atoms with E-state index in [4.69, 9.17) is 16.7 Å². The van der Waals surface area contributed by atoms with Crippen LogP contribution in [0.4, 0.5) is 5.95 Å². The number of benzene rings is 1. The molecule has 3 rings (SSSR count). The van der Waals surface area contributed by atoms with E-state index in [0.717, 1.165) is 10.1 Å². The lowest BCUT2D eigenvalue weighted by atomic mass is 10.2. The van der Waals surface area contributed by atoms with Crippen LogP contribution in [0.5, 0.6) is 0 Å². The molecule has 0 aliphatic heterocycles. The fourth-order valence-corrected chi connectivity index (χ4v) is 3.00. The van der Waals surface area contributed by atoms with Crippen molar-refractivity contribution in [2.75, 3.05) is 18.5 Å². The molecule has 0 fully saturated rings. The summed E-state index contributed by atoms with van der Waals surface area (Å²) >= 11 is 6.26. The molecule has 9 nitrogen and oxygen atoms in total. The van der Waals surface area contributed by atoms with Gasteiger partial charge < -0.3 is 15.5 Å². The maximum Gasteiger partial charge on any atom is 0.332 e. The summed E-state index contributed by atoms with van der Waals surface area (Å²) in [6.45, 7) is -0.157. The number of halogens is 1. The minimum atomic E-state index is -0.995. The van der Waals surface area contributed by atoms with Crippen molar-refractivity contribution in [1.82, 2.24) is 18.7 Å². The minimum absolute atomic E-state index is 0.0244. The molecule has 1 aromatic carbocycles. The number of fused-ring (bicyclic) bond motifs is 1. The molecular weight excluding hydrogens is 374 g/mol. The van der Waals surface area contributed by atoms with E-state index in [2.05, 4.69) is 10.3 Å². The van der Waals surface area contributed by atoms with Crippen molar-refractivity contribution in [3.63, 3.8) is 0 Å². The van der Waals surface area contributed by atoms with Crippen molar-refractivity contribution in [1.29, 1.82) is 0 Å². The third-order valence-electron chi connectivity index (χ3n) is 4.34. The fraction of sp³-hybridized carbons (Fsp3) is 0.353. The molecule has 0 aliphatic rings. The molecule has 1 atom stereocenters. The third-order valence-corrected chi connectivity index (χ3v) is 4.71. The normalized spacial score (nSPS) is 12.5. The molecule has 27 heavy (non-hydrogen) atoms. The van der Waals surface area contributed by atoms with Gasteiger partial charge in [0, 0.05) is 25.7 Å². The molecule has 0 aliphatic carbocycles. The Kier molecular flexibility index (Phi) is 5.36. The van der Waals surface area contributed by atoms with Crippen LogP contribution >= 0.6 is 11.6 Å². The fourth-order valence-electron chi connectivity index (χ4n) is 2.81. The number of aliphatic hydroxyl groups is 2. The molecule has 3 aromatic rings. The van der Waals surface area contributed by atoms with E-state index in [1.54, 1.807) is 16.7 Å². The first-order chi connectivity index (χ1) is 12.8. The summed E-state index contributed by atoms with van der Waals surface area (Å²) in [5.74, 6) is 0.288. The van der Waals surface area contributed by atoms with E-state index < -0.39 is 24.0 Å². The number of nitrogens with zero attached hydrogens (tertiary/aromatic N) is 4. The van der Waals surface area contributed by atoms with Gasteiger partial charge in [0.1, 0.15) is 0 Å². The Morgan fingerprint density at radius 3 is 2.59 bits per heavy atom. The summed E-state index contributed by atoms with van der Waals surface area (Å²) in [4.78, 5) is 29.3. The van der Waals surface area contributed by atoms with Crippen molar-refractivity contribution in [3.8, 4) is 0 Å². The topological polar surface area (TPSA) is 114 Å². The van der Waals surface area contributed by atoms with E-state index in [9.17, 15) is 14.7 Å². The van der Waals surface area contributed by atoms with E-state index in [1.165, 1.54) is 18.7 Å². The molecular formula is C17H20ClN5O4. The number of nitrogens with one attached hydrogen (secondary N) is 1. The molecule has 2 aromatic heterocycles. The van der Waals surface area contributed by atoms with Crippen LogP contribution in [0.3, 0.4) is 0 Å². The Morgan fingerprint density at radius 2 is 1.93 bits per heavy atom. The van der Waals surface area contributed by atoms with Crippen LogP contribution in [0.2, 0.25) is 5.02 Å². The van der Waals surface area contributed by atoms with Crippen LogP contribution < -0.4 is 16.6 Å². The second-order valence-corrected chi connectivity index (χ2v) is 6.62. The monoisotopic (exact) mass is 393 g/mol. The number of rotatable bonds is 6. The van der Waals surface area contributed by atoms with Gasteiger partial charge in [-0.15, -0.1) is 0 Å². The van der Waals surface area contributed by atoms with E-state index >= 15 is 0 Å². The van der Waals surface area contributed by atoms with Gasteiger partial charge in [0.25, 0.3) is 5.56 Å². The van der Waals surface area contributed by atoms with Gasteiger partial charge in [0.05, 0.1) is 19.3 Å². The van der Waals surface area contributed by atoms with Gasteiger partial charge in [-0.25, -0.2) is 4.79 Å². The van der Waals surface area contributed by atoms with Crippen LogP contribution in [-0.2, 0) is 20.6 Å². The minimum Gasteiger partial charge on any atom is -0.394 e. The van der Waals surface area contributed by atoms with Crippen molar-refractivity contribution in [2.45, 2.75) is 12.6 Å². The highest BCUT2D eigenvalue weighted by molar-refractivity contribution is 6.31. The zero-order valence-corrected chi connectivity index (χ0v) is 15.6. The SMILES string of the molecule is Cn1c(=O)c2c(nc(NC[C@H](O)CO)n2Cc2ccccc2Cl)n(C)c1=O. The van der Waals surface area contributed by atoms with Crippen molar-refractivity contribution in [2.24, 2.45) is 14.1 Å². The summed E-state index contributed by atoms with van der Waals surface area (Å²) in [6.07, 6.45) is -0.995. The maximum atomic E-state index is 12.7. The van der Waals surface area contributed by atoms with Gasteiger partial charge in [0.2, 0.25) is 5.95 Å². The highest BCUT2D eigenvalue weighted by atomic mass is 35.5. The lowest BCUT2D eigenvalue weighted by Gasteiger charge is -2.13. The Bertz CT molecular complexity index is 1100. The Labute approximate surface area is 159 Å². The lowest BCUT2D eigenvalue weighted by molar-refractivity contribution is 0.105. The van der Waals surface area contributed by atoms with E-state index in [1.807, 2.05) is 12.1 Å². The van der Waals surface area contributed by atoms with Crippen molar-refractivity contribution < 1.29 is 10.2 Å². The quantitative estimate of drug-likeness (QED) is 0.539. The Hall–Kier alpha value is -2.62. The number of aromatic nitrogens is 4. The molecule has 0 saturated heterocycles. The van der Waals surface area contributed by atoms with Gasteiger partial charge >= 0.3 is 5.69 Å². The largest absolute Gasteiger partial charge is 0.394 e. The highest BCUT2D eigenvalue weighted by Gasteiger charge is 2.20.